The van der Waals surface area contributed by atoms with E-state index in [1.54, 1.807) is 0 Å². The first-order valence-corrected chi connectivity index (χ1v) is 9.61. The highest BCUT2D eigenvalue weighted by molar-refractivity contribution is 6.16. The second-order valence-corrected chi connectivity index (χ2v) is 7.60. The fraction of sp³-hybridized carbons (Fsp3) is 0.120. The predicted octanol–water partition coefficient (Wildman–Crippen LogP) is 5.42. The molecule has 0 amide bonds. The van der Waals surface area contributed by atoms with E-state index in [0.29, 0.717) is 0 Å². The molecular formula is C25H18N2O. The van der Waals surface area contributed by atoms with Crippen LogP contribution in [0.5, 0.6) is 0 Å². The molecule has 3 heteroatoms. The lowest BCUT2D eigenvalue weighted by Gasteiger charge is -2.31. The molecule has 2 atom stereocenters. The molecule has 2 aliphatic rings. The third kappa shape index (κ3) is 1.93. The van der Waals surface area contributed by atoms with Crippen molar-refractivity contribution in [3.63, 3.8) is 0 Å². The lowest BCUT2D eigenvalue weighted by molar-refractivity contribution is 0.0934. The van der Waals surface area contributed by atoms with E-state index in [0.717, 1.165) is 38.8 Å². The van der Waals surface area contributed by atoms with Crippen LogP contribution in [0.25, 0.3) is 33.2 Å². The Labute approximate surface area is 162 Å². The maximum atomic E-state index is 13.2. The van der Waals surface area contributed by atoms with Crippen molar-refractivity contribution in [1.82, 2.24) is 9.55 Å². The maximum Gasteiger partial charge on any atom is 0.171 e. The monoisotopic (exact) mass is 362 g/mol. The van der Waals surface area contributed by atoms with E-state index in [4.69, 9.17) is 4.98 Å². The summed E-state index contributed by atoms with van der Waals surface area (Å²) in [5, 5.41) is 2.18. The molecule has 134 valence electrons. The van der Waals surface area contributed by atoms with Crippen molar-refractivity contribution in [3.8, 4) is 11.4 Å². The molecule has 1 heterocycles. The third-order valence-corrected chi connectivity index (χ3v) is 6.16. The van der Waals surface area contributed by atoms with Crippen molar-refractivity contribution >= 4 is 27.6 Å². The number of rotatable bonds is 1. The number of hydrogen-bond acceptors (Lipinski definition) is 2. The zero-order valence-electron chi connectivity index (χ0n) is 15.5. The number of nitrogens with zero attached hydrogens (tertiary/aromatic N) is 2. The summed E-state index contributed by atoms with van der Waals surface area (Å²) >= 11 is 0. The van der Waals surface area contributed by atoms with Crippen molar-refractivity contribution < 1.29 is 4.79 Å². The van der Waals surface area contributed by atoms with E-state index < -0.39 is 0 Å². The SMILES string of the molecule is Cn1c(-c2ccc3c4c(cccc24)C(=O)C2C=CC=CC32)nc2ccccc21. The van der Waals surface area contributed by atoms with Gasteiger partial charge in [-0.05, 0) is 28.5 Å². The minimum Gasteiger partial charge on any atom is -0.327 e. The van der Waals surface area contributed by atoms with Gasteiger partial charge in [-0.15, -0.1) is 0 Å². The van der Waals surface area contributed by atoms with Gasteiger partial charge >= 0.3 is 0 Å². The first-order chi connectivity index (χ1) is 13.7. The minimum absolute atomic E-state index is 0.0929. The first kappa shape index (κ1) is 15.6. The van der Waals surface area contributed by atoms with E-state index in [2.05, 4.69) is 42.0 Å². The van der Waals surface area contributed by atoms with Crippen LogP contribution in [-0.4, -0.2) is 15.3 Å². The van der Waals surface area contributed by atoms with Gasteiger partial charge in [-0.2, -0.15) is 0 Å². The van der Waals surface area contributed by atoms with Gasteiger partial charge in [-0.25, -0.2) is 4.98 Å². The van der Waals surface area contributed by atoms with Crippen molar-refractivity contribution in [2.75, 3.05) is 0 Å². The summed E-state index contributed by atoms with van der Waals surface area (Å²) in [6.07, 6.45) is 8.22. The number of carbonyl (C=O) groups excluding carboxylic acids is 1. The Morgan fingerprint density at radius 1 is 0.857 bits per heavy atom. The Hall–Kier alpha value is -3.46. The van der Waals surface area contributed by atoms with E-state index in [9.17, 15) is 4.79 Å². The molecule has 2 aliphatic carbocycles. The summed E-state index contributed by atoms with van der Waals surface area (Å²) in [5.41, 5.74) is 5.22. The van der Waals surface area contributed by atoms with Gasteiger partial charge in [0.25, 0.3) is 0 Å². The van der Waals surface area contributed by atoms with Crippen LogP contribution in [0.4, 0.5) is 0 Å². The van der Waals surface area contributed by atoms with E-state index in [-0.39, 0.29) is 17.6 Å². The molecule has 0 N–H and O–H groups in total. The molecule has 0 saturated carbocycles. The standard InChI is InChI=1S/C25H18N2O/c1-27-22-12-5-4-11-21(22)26-25(27)19-14-13-17-15-7-2-3-8-18(15)24(28)20-10-6-9-16(19)23(17)20/h2-15,18H,1H3. The Morgan fingerprint density at radius 3 is 2.54 bits per heavy atom. The molecule has 0 saturated heterocycles. The van der Waals surface area contributed by atoms with Gasteiger partial charge in [0, 0.05) is 24.1 Å². The molecule has 0 radical (unpaired) electrons. The number of hydrogen-bond donors (Lipinski definition) is 0. The largest absolute Gasteiger partial charge is 0.327 e. The summed E-state index contributed by atoms with van der Waals surface area (Å²) in [5.74, 6) is 1.17. The van der Waals surface area contributed by atoms with E-state index in [1.807, 2.05) is 48.6 Å². The number of carbonyl (C=O) groups is 1. The molecule has 2 unspecified atom stereocenters. The van der Waals surface area contributed by atoms with Gasteiger partial charge < -0.3 is 4.57 Å². The molecule has 28 heavy (non-hydrogen) atoms. The molecule has 3 aromatic carbocycles. The molecule has 0 fully saturated rings. The molecular weight excluding hydrogens is 344 g/mol. The first-order valence-electron chi connectivity index (χ1n) is 9.61. The fourth-order valence-corrected chi connectivity index (χ4v) is 4.83. The number of para-hydroxylation sites is 2. The normalized spacial score (nSPS) is 20.1. The zero-order chi connectivity index (χ0) is 18.8. The maximum absolute atomic E-state index is 13.2. The molecule has 1 aromatic heterocycles. The number of allylic oxidation sites excluding steroid dienone is 4. The molecule has 0 aliphatic heterocycles. The van der Waals surface area contributed by atoms with Crippen LogP contribution in [-0.2, 0) is 7.05 Å². The highest BCUT2D eigenvalue weighted by Gasteiger charge is 2.35. The summed E-state index contributed by atoms with van der Waals surface area (Å²) in [6, 6.07) is 18.6. The lowest BCUT2D eigenvalue weighted by Crippen LogP contribution is -2.26. The lowest BCUT2D eigenvalue weighted by atomic mass is 9.71. The van der Waals surface area contributed by atoms with Crippen LogP contribution in [0, 0.1) is 5.92 Å². The topological polar surface area (TPSA) is 34.9 Å². The number of imidazole rings is 1. The average molecular weight is 362 g/mol. The van der Waals surface area contributed by atoms with Crippen molar-refractivity contribution in [2.45, 2.75) is 5.92 Å². The summed E-state index contributed by atoms with van der Waals surface area (Å²) in [7, 11) is 2.05. The van der Waals surface area contributed by atoms with Gasteiger partial charge in [0.2, 0.25) is 0 Å². The predicted molar refractivity (Wildman–Crippen MR) is 112 cm³/mol. The van der Waals surface area contributed by atoms with Gasteiger partial charge in [0.15, 0.2) is 5.78 Å². The summed E-state index contributed by atoms with van der Waals surface area (Å²) < 4.78 is 2.14. The van der Waals surface area contributed by atoms with Crippen LogP contribution in [0.1, 0.15) is 21.8 Å². The number of fused-ring (bicyclic) bond motifs is 3. The number of benzene rings is 3. The average Bonchev–Trinajstić information content (AvgIpc) is 3.08. The summed E-state index contributed by atoms with van der Waals surface area (Å²) in [4.78, 5) is 18.1. The number of ketones is 1. The molecule has 0 spiro atoms. The second kappa shape index (κ2) is 5.52. The molecule has 3 nitrogen and oxygen atoms in total. The minimum atomic E-state index is -0.0929. The van der Waals surface area contributed by atoms with Crippen LogP contribution >= 0.6 is 0 Å². The van der Waals surface area contributed by atoms with Gasteiger partial charge in [0.05, 0.1) is 17.0 Å². The quantitative estimate of drug-likeness (QED) is 0.453. The van der Waals surface area contributed by atoms with Gasteiger partial charge in [-0.3, -0.25) is 4.79 Å². The second-order valence-electron chi connectivity index (χ2n) is 7.60. The molecule has 6 rings (SSSR count). The van der Waals surface area contributed by atoms with Crippen molar-refractivity contribution in [3.05, 3.63) is 90.0 Å². The van der Waals surface area contributed by atoms with Crippen LogP contribution in [0.15, 0.2) is 78.9 Å². The van der Waals surface area contributed by atoms with E-state index in [1.165, 1.54) is 5.56 Å². The van der Waals surface area contributed by atoms with Crippen LogP contribution in [0.2, 0.25) is 0 Å². The Morgan fingerprint density at radius 2 is 1.68 bits per heavy atom. The smallest absolute Gasteiger partial charge is 0.171 e. The summed E-state index contributed by atoms with van der Waals surface area (Å²) in [6.45, 7) is 0. The van der Waals surface area contributed by atoms with Gasteiger partial charge in [-0.1, -0.05) is 66.8 Å². The van der Waals surface area contributed by atoms with Crippen molar-refractivity contribution in [2.24, 2.45) is 13.0 Å². The van der Waals surface area contributed by atoms with Crippen molar-refractivity contribution in [1.29, 1.82) is 0 Å². The van der Waals surface area contributed by atoms with Crippen LogP contribution in [0.3, 0.4) is 0 Å². The third-order valence-electron chi connectivity index (χ3n) is 6.16. The number of aryl methyl sites for hydroxylation is 1. The van der Waals surface area contributed by atoms with E-state index >= 15 is 0 Å². The molecule has 4 aromatic rings. The Kier molecular flexibility index (Phi) is 3.07. The Bertz CT molecular complexity index is 1360. The highest BCUT2D eigenvalue weighted by atomic mass is 16.1. The van der Waals surface area contributed by atoms with Gasteiger partial charge in [0.1, 0.15) is 5.82 Å². The Balaban J connectivity index is 1.68. The zero-order valence-corrected chi connectivity index (χ0v) is 15.5. The fourth-order valence-electron chi connectivity index (χ4n) is 4.83. The van der Waals surface area contributed by atoms with Crippen LogP contribution < -0.4 is 0 Å². The highest BCUT2D eigenvalue weighted by Crippen LogP contribution is 2.45. The molecule has 0 bridgehead atoms. The number of Topliss-reactive ketones (excluding diaryl/α,β-unsaturated/α-hetero) is 1. The number of aromatic nitrogens is 2.